The van der Waals surface area contributed by atoms with E-state index in [0.717, 1.165) is 11.3 Å². The normalized spacial score (nSPS) is 14.2. The highest BCUT2D eigenvalue weighted by Gasteiger charge is 2.32. The maximum atomic E-state index is 13.8. The van der Waals surface area contributed by atoms with Gasteiger partial charge in [-0.1, -0.05) is 30.3 Å². The van der Waals surface area contributed by atoms with Crippen molar-refractivity contribution < 1.29 is 14.0 Å². The summed E-state index contributed by atoms with van der Waals surface area (Å²) >= 11 is 0. The van der Waals surface area contributed by atoms with Crippen LogP contribution < -0.4 is 10.2 Å². The van der Waals surface area contributed by atoms with Crippen LogP contribution >= 0.6 is 0 Å². The number of nitrogens with one attached hydrogen (secondary N) is 1. The van der Waals surface area contributed by atoms with Crippen LogP contribution in [0.1, 0.15) is 5.56 Å². The quantitative estimate of drug-likeness (QED) is 0.938. The second kappa shape index (κ2) is 6.70. The fraction of sp³-hybridized carbons (Fsp3) is 0.222. The van der Waals surface area contributed by atoms with Gasteiger partial charge in [0.25, 0.3) is 0 Å². The molecule has 0 bridgehead atoms. The molecule has 1 aliphatic heterocycles. The van der Waals surface area contributed by atoms with Crippen molar-refractivity contribution in [3.05, 3.63) is 59.9 Å². The first-order chi connectivity index (χ1) is 11.6. The van der Waals surface area contributed by atoms with Crippen LogP contribution in [0, 0.1) is 12.7 Å². The third-order valence-electron chi connectivity index (χ3n) is 3.99. The zero-order valence-electron chi connectivity index (χ0n) is 13.3. The number of carbonyl (C=O) groups is 2. The van der Waals surface area contributed by atoms with Gasteiger partial charge >= 0.3 is 6.03 Å². The lowest BCUT2D eigenvalue weighted by Gasteiger charge is -2.19. The lowest BCUT2D eigenvalue weighted by Crippen LogP contribution is -2.37. The van der Waals surface area contributed by atoms with Crippen molar-refractivity contribution >= 4 is 23.3 Å². The summed E-state index contributed by atoms with van der Waals surface area (Å²) < 4.78 is 13.8. The Labute approximate surface area is 139 Å². The molecular formula is C18H18FN3O2. The number of hydrogen-bond donors (Lipinski definition) is 1. The smallest absolute Gasteiger partial charge is 0.324 e. The van der Waals surface area contributed by atoms with Gasteiger partial charge in [-0.15, -0.1) is 0 Å². The Kier molecular flexibility index (Phi) is 4.46. The largest absolute Gasteiger partial charge is 0.325 e. The maximum Gasteiger partial charge on any atom is 0.325 e. The number of para-hydroxylation sites is 2. The highest BCUT2D eigenvalue weighted by molar-refractivity contribution is 5.99. The number of halogens is 1. The molecule has 0 aromatic heterocycles. The number of urea groups is 1. The molecule has 2 aromatic rings. The molecule has 6 heteroatoms. The van der Waals surface area contributed by atoms with E-state index in [9.17, 15) is 14.0 Å². The van der Waals surface area contributed by atoms with E-state index in [1.807, 2.05) is 31.2 Å². The fourth-order valence-corrected chi connectivity index (χ4v) is 2.70. The van der Waals surface area contributed by atoms with E-state index < -0.39 is 5.82 Å². The summed E-state index contributed by atoms with van der Waals surface area (Å²) in [6.45, 7) is 2.58. The van der Waals surface area contributed by atoms with Gasteiger partial charge in [0.05, 0.1) is 5.69 Å². The standard InChI is InChI=1S/C18H18FN3O2/c1-13-6-2-4-8-15(13)20-17(23)12-21-10-11-22(18(21)24)16-9-5-3-7-14(16)19/h2-9H,10-12H2,1H3,(H,20,23). The summed E-state index contributed by atoms with van der Waals surface area (Å²) in [4.78, 5) is 27.4. The Bertz CT molecular complexity index is 778. The van der Waals surface area contributed by atoms with E-state index in [4.69, 9.17) is 0 Å². The van der Waals surface area contributed by atoms with Gasteiger partial charge in [-0.2, -0.15) is 0 Å². The van der Waals surface area contributed by atoms with Crippen LogP contribution in [0.25, 0.3) is 0 Å². The molecule has 1 aliphatic rings. The highest BCUT2D eigenvalue weighted by atomic mass is 19.1. The third-order valence-corrected chi connectivity index (χ3v) is 3.99. The second-order valence-corrected chi connectivity index (χ2v) is 5.67. The average molecular weight is 327 g/mol. The van der Waals surface area contributed by atoms with E-state index in [1.165, 1.54) is 15.9 Å². The summed E-state index contributed by atoms with van der Waals surface area (Å²) in [6, 6.07) is 13.2. The Morgan fingerprint density at radius 2 is 1.83 bits per heavy atom. The number of hydrogen-bond acceptors (Lipinski definition) is 2. The van der Waals surface area contributed by atoms with Gasteiger partial charge < -0.3 is 10.2 Å². The van der Waals surface area contributed by atoms with E-state index in [2.05, 4.69) is 5.32 Å². The SMILES string of the molecule is Cc1ccccc1NC(=O)CN1CCN(c2ccccc2F)C1=O. The lowest BCUT2D eigenvalue weighted by molar-refractivity contribution is -0.116. The lowest BCUT2D eigenvalue weighted by atomic mass is 10.2. The Morgan fingerprint density at radius 3 is 2.58 bits per heavy atom. The number of amides is 3. The number of rotatable bonds is 4. The summed E-state index contributed by atoms with van der Waals surface area (Å²) in [6.07, 6.45) is 0. The molecule has 0 radical (unpaired) electrons. The van der Waals surface area contributed by atoms with Crippen LogP contribution in [0.3, 0.4) is 0 Å². The Hall–Kier alpha value is -2.89. The number of aryl methyl sites for hydroxylation is 1. The molecule has 1 saturated heterocycles. The van der Waals surface area contributed by atoms with Crippen LogP contribution in [-0.4, -0.2) is 36.5 Å². The number of carbonyl (C=O) groups excluding carboxylic acids is 2. The van der Waals surface area contributed by atoms with E-state index >= 15 is 0 Å². The van der Waals surface area contributed by atoms with Gasteiger partial charge in [0, 0.05) is 18.8 Å². The maximum absolute atomic E-state index is 13.8. The molecule has 0 unspecified atom stereocenters. The van der Waals surface area contributed by atoms with Gasteiger partial charge in [-0.3, -0.25) is 9.69 Å². The molecule has 0 spiro atoms. The molecule has 2 aromatic carbocycles. The third kappa shape index (κ3) is 3.22. The van der Waals surface area contributed by atoms with Gasteiger partial charge in [0.15, 0.2) is 0 Å². The number of anilines is 2. The van der Waals surface area contributed by atoms with Crippen molar-refractivity contribution in [2.45, 2.75) is 6.92 Å². The zero-order valence-corrected chi connectivity index (χ0v) is 13.3. The summed E-state index contributed by atoms with van der Waals surface area (Å²) in [7, 11) is 0. The molecule has 1 fully saturated rings. The minimum atomic E-state index is -0.447. The van der Waals surface area contributed by atoms with Gasteiger partial charge in [0.1, 0.15) is 12.4 Å². The molecule has 1 heterocycles. The Morgan fingerprint density at radius 1 is 1.12 bits per heavy atom. The molecule has 3 rings (SSSR count). The van der Waals surface area contributed by atoms with Crippen molar-refractivity contribution in [2.75, 3.05) is 29.9 Å². The van der Waals surface area contributed by atoms with Crippen LogP contribution in [0.4, 0.5) is 20.6 Å². The van der Waals surface area contributed by atoms with Crippen LogP contribution in [0.5, 0.6) is 0 Å². The minimum absolute atomic E-state index is 0.0574. The molecule has 24 heavy (non-hydrogen) atoms. The predicted molar refractivity (Wildman–Crippen MR) is 90.5 cm³/mol. The fourth-order valence-electron chi connectivity index (χ4n) is 2.70. The first-order valence-electron chi connectivity index (χ1n) is 7.72. The van der Waals surface area contributed by atoms with Crippen molar-refractivity contribution in [1.29, 1.82) is 0 Å². The molecule has 3 amide bonds. The Balaban J connectivity index is 1.65. The minimum Gasteiger partial charge on any atom is -0.324 e. The number of benzene rings is 2. The van der Waals surface area contributed by atoms with E-state index in [1.54, 1.807) is 18.2 Å². The van der Waals surface area contributed by atoms with Crippen LogP contribution in [-0.2, 0) is 4.79 Å². The molecule has 0 aliphatic carbocycles. The second-order valence-electron chi connectivity index (χ2n) is 5.67. The number of nitrogens with zero attached hydrogens (tertiary/aromatic N) is 2. The topological polar surface area (TPSA) is 52.7 Å². The molecule has 5 nitrogen and oxygen atoms in total. The van der Waals surface area contributed by atoms with Crippen molar-refractivity contribution in [3.63, 3.8) is 0 Å². The van der Waals surface area contributed by atoms with Gasteiger partial charge in [-0.05, 0) is 30.7 Å². The van der Waals surface area contributed by atoms with E-state index in [-0.39, 0.29) is 24.2 Å². The summed E-state index contributed by atoms with van der Waals surface area (Å²) in [5.74, 6) is -0.718. The molecule has 0 atom stereocenters. The highest BCUT2D eigenvalue weighted by Crippen LogP contribution is 2.23. The average Bonchev–Trinajstić information content (AvgIpc) is 2.91. The molecule has 1 N–H and O–H groups in total. The van der Waals surface area contributed by atoms with Crippen LogP contribution in [0.2, 0.25) is 0 Å². The first-order valence-corrected chi connectivity index (χ1v) is 7.72. The van der Waals surface area contributed by atoms with Gasteiger partial charge in [0.2, 0.25) is 5.91 Å². The van der Waals surface area contributed by atoms with Crippen LogP contribution in [0.15, 0.2) is 48.5 Å². The molecular weight excluding hydrogens is 309 g/mol. The van der Waals surface area contributed by atoms with Crippen molar-refractivity contribution in [2.24, 2.45) is 0 Å². The van der Waals surface area contributed by atoms with E-state index in [0.29, 0.717) is 13.1 Å². The summed E-state index contributed by atoms with van der Waals surface area (Å²) in [5.41, 5.74) is 1.91. The monoisotopic (exact) mass is 327 g/mol. The zero-order chi connectivity index (χ0) is 17.1. The molecule has 124 valence electrons. The van der Waals surface area contributed by atoms with Crippen molar-refractivity contribution in [1.82, 2.24) is 4.90 Å². The van der Waals surface area contributed by atoms with Gasteiger partial charge in [-0.25, -0.2) is 9.18 Å². The predicted octanol–water partition coefficient (Wildman–Crippen LogP) is 3.01. The van der Waals surface area contributed by atoms with Crippen molar-refractivity contribution in [3.8, 4) is 0 Å². The summed E-state index contributed by atoms with van der Waals surface area (Å²) in [5, 5.41) is 2.80. The molecule has 0 saturated carbocycles. The first kappa shape index (κ1) is 16.0.